The van der Waals surface area contributed by atoms with E-state index in [4.69, 9.17) is 17.4 Å². The monoisotopic (exact) mass is 258 g/mol. The maximum Gasteiger partial charge on any atom is 0.0834 e. The minimum absolute atomic E-state index is 0.0385. The molecule has 2 unspecified atom stereocenters. The van der Waals surface area contributed by atoms with Crippen molar-refractivity contribution in [3.05, 3.63) is 16.9 Å². The third-order valence-electron chi connectivity index (χ3n) is 3.32. The van der Waals surface area contributed by atoms with E-state index in [1.807, 2.05) is 4.68 Å². The number of halogens is 1. The van der Waals surface area contributed by atoms with Crippen LogP contribution in [0.5, 0.6) is 0 Å². The molecule has 5 heteroatoms. The Balaban J connectivity index is 3.05. The maximum atomic E-state index is 6.22. The van der Waals surface area contributed by atoms with Crippen molar-refractivity contribution >= 4 is 11.6 Å². The van der Waals surface area contributed by atoms with E-state index >= 15 is 0 Å². The highest BCUT2D eigenvalue weighted by atomic mass is 35.5. The number of hydrogen-bond donors (Lipinski definition) is 2. The Hall–Kier alpha value is -0.580. The fraction of sp³-hybridized carbons (Fsp3) is 0.750. The molecule has 1 aromatic heterocycles. The van der Waals surface area contributed by atoms with Gasteiger partial charge in [0.05, 0.1) is 23.0 Å². The van der Waals surface area contributed by atoms with Gasteiger partial charge in [-0.15, -0.1) is 0 Å². The van der Waals surface area contributed by atoms with Gasteiger partial charge in [-0.1, -0.05) is 39.3 Å². The fourth-order valence-corrected chi connectivity index (χ4v) is 2.19. The van der Waals surface area contributed by atoms with E-state index in [9.17, 15) is 0 Å². The zero-order valence-electron chi connectivity index (χ0n) is 11.1. The Morgan fingerprint density at radius 3 is 2.59 bits per heavy atom. The first-order valence-corrected chi connectivity index (χ1v) is 6.58. The third-order valence-corrected chi connectivity index (χ3v) is 3.61. The second-order valence-electron chi connectivity index (χ2n) is 4.85. The van der Waals surface area contributed by atoms with Crippen LogP contribution < -0.4 is 11.3 Å². The van der Waals surface area contributed by atoms with Crippen molar-refractivity contribution in [3.63, 3.8) is 0 Å². The van der Waals surface area contributed by atoms with Crippen molar-refractivity contribution in [1.29, 1.82) is 0 Å². The summed E-state index contributed by atoms with van der Waals surface area (Å²) in [5.74, 6) is 6.61. The molecular formula is C12H23ClN4. The van der Waals surface area contributed by atoms with Gasteiger partial charge in [0, 0.05) is 6.54 Å². The molecule has 0 aliphatic heterocycles. The number of nitrogens with zero attached hydrogens (tertiary/aromatic N) is 2. The molecule has 98 valence electrons. The number of hydrogen-bond acceptors (Lipinski definition) is 3. The van der Waals surface area contributed by atoms with Crippen molar-refractivity contribution in [2.24, 2.45) is 17.7 Å². The lowest BCUT2D eigenvalue weighted by Crippen LogP contribution is -2.36. The molecule has 0 aromatic carbocycles. The highest BCUT2D eigenvalue weighted by molar-refractivity contribution is 6.31. The van der Waals surface area contributed by atoms with Gasteiger partial charge >= 0.3 is 0 Å². The summed E-state index contributed by atoms with van der Waals surface area (Å²) < 4.78 is 1.95. The number of nitrogens with two attached hydrogens (primary N) is 1. The Kier molecular flexibility index (Phi) is 5.43. The lowest BCUT2D eigenvalue weighted by atomic mass is 9.89. The summed E-state index contributed by atoms with van der Waals surface area (Å²) in [4.78, 5) is 0. The molecule has 0 radical (unpaired) electrons. The Morgan fingerprint density at radius 1 is 1.47 bits per heavy atom. The molecule has 0 bridgehead atoms. The summed E-state index contributed by atoms with van der Waals surface area (Å²) in [6, 6.07) is 0.0385. The number of aryl methyl sites for hydroxylation is 1. The summed E-state index contributed by atoms with van der Waals surface area (Å²) in [5.41, 5.74) is 3.88. The predicted octanol–water partition coefficient (Wildman–Crippen LogP) is 2.74. The smallest absolute Gasteiger partial charge is 0.0834 e. The summed E-state index contributed by atoms with van der Waals surface area (Å²) in [6.45, 7) is 9.53. The van der Waals surface area contributed by atoms with Crippen LogP contribution in [0.1, 0.15) is 45.9 Å². The van der Waals surface area contributed by atoms with E-state index in [0.717, 1.165) is 18.7 Å². The molecule has 0 saturated heterocycles. The van der Waals surface area contributed by atoms with Crippen LogP contribution in [0.2, 0.25) is 5.02 Å². The van der Waals surface area contributed by atoms with Crippen LogP contribution in [0.4, 0.5) is 0 Å². The predicted molar refractivity (Wildman–Crippen MR) is 71.6 cm³/mol. The molecule has 0 spiro atoms. The number of aromatic nitrogens is 2. The van der Waals surface area contributed by atoms with Gasteiger partial charge < -0.3 is 0 Å². The molecule has 17 heavy (non-hydrogen) atoms. The zero-order valence-corrected chi connectivity index (χ0v) is 11.8. The van der Waals surface area contributed by atoms with Crippen LogP contribution in [-0.4, -0.2) is 9.78 Å². The van der Waals surface area contributed by atoms with E-state index in [1.54, 1.807) is 6.20 Å². The van der Waals surface area contributed by atoms with Gasteiger partial charge in [0.1, 0.15) is 0 Å². The molecule has 0 aliphatic rings. The highest BCUT2D eigenvalue weighted by Gasteiger charge is 2.26. The number of rotatable bonds is 6. The third kappa shape index (κ3) is 3.21. The van der Waals surface area contributed by atoms with E-state index in [2.05, 4.69) is 38.2 Å². The zero-order chi connectivity index (χ0) is 13.0. The van der Waals surface area contributed by atoms with Crippen molar-refractivity contribution in [2.45, 2.75) is 46.7 Å². The van der Waals surface area contributed by atoms with Crippen molar-refractivity contribution < 1.29 is 0 Å². The quantitative estimate of drug-likeness (QED) is 0.609. The van der Waals surface area contributed by atoms with Crippen LogP contribution >= 0.6 is 11.6 Å². The van der Waals surface area contributed by atoms with Gasteiger partial charge in [-0.25, -0.2) is 0 Å². The van der Waals surface area contributed by atoms with Crippen molar-refractivity contribution in [2.75, 3.05) is 0 Å². The molecule has 0 saturated carbocycles. The number of nitrogens with one attached hydrogen (secondary N) is 1. The maximum absolute atomic E-state index is 6.22. The topological polar surface area (TPSA) is 55.9 Å². The van der Waals surface area contributed by atoms with E-state index in [1.165, 1.54) is 0 Å². The first kappa shape index (κ1) is 14.5. The highest BCUT2D eigenvalue weighted by Crippen LogP contribution is 2.31. The van der Waals surface area contributed by atoms with Crippen LogP contribution in [0, 0.1) is 11.8 Å². The van der Waals surface area contributed by atoms with Gasteiger partial charge in [-0.05, 0) is 18.3 Å². The summed E-state index contributed by atoms with van der Waals surface area (Å²) >= 11 is 6.22. The Bertz CT molecular complexity index is 348. The number of hydrazine groups is 1. The van der Waals surface area contributed by atoms with Gasteiger partial charge in [0.25, 0.3) is 0 Å². The standard InChI is InChI=1S/C12H23ClN4/c1-5-6-17-12(10(13)7-15-17)11(16-14)9(4)8(2)3/h7-9,11,16H,5-6,14H2,1-4H3. The molecule has 2 atom stereocenters. The lowest BCUT2D eigenvalue weighted by Gasteiger charge is -2.27. The van der Waals surface area contributed by atoms with Crippen LogP contribution in [0.3, 0.4) is 0 Å². The molecule has 1 heterocycles. The normalized spacial score (nSPS) is 15.2. The molecule has 0 aliphatic carbocycles. The molecule has 0 amide bonds. The Morgan fingerprint density at radius 2 is 2.12 bits per heavy atom. The SMILES string of the molecule is CCCn1ncc(Cl)c1C(NN)C(C)C(C)C. The average molecular weight is 259 g/mol. The minimum Gasteiger partial charge on any atom is -0.271 e. The fourth-order valence-electron chi connectivity index (χ4n) is 1.94. The van der Waals surface area contributed by atoms with E-state index in [0.29, 0.717) is 16.9 Å². The summed E-state index contributed by atoms with van der Waals surface area (Å²) in [5, 5.41) is 4.99. The second-order valence-corrected chi connectivity index (χ2v) is 5.26. The van der Waals surface area contributed by atoms with Crippen LogP contribution in [0.25, 0.3) is 0 Å². The molecule has 0 fully saturated rings. The summed E-state index contributed by atoms with van der Waals surface area (Å²) in [7, 11) is 0. The molecule has 3 N–H and O–H groups in total. The van der Waals surface area contributed by atoms with Gasteiger partial charge in [0.15, 0.2) is 0 Å². The van der Waals surface area contributed by atoms with Gasteiger partial charge in [-0.3, -0.25) is 16.0 Å². The molecular weight excluding hydrogens is 236 g/mol. The first-order chi connectivity index (χ1) is 8.02. The first-order valence-electron chi connectivity index (χ1n) is 6.20. The lowest BCUT2D eigenvalue weighted by molar-refractivity contribution is 0.291. The van der Waals surface area contributed by atoms with Gasteiger partial charge in [-0.2, -0.15) is 5.10 Å². The molecule has 1 aromatic rings. The summed E-state index contributed by atoms with van der Waals surface area (Å²) in [6.07, 6.45) is 2.72. The van der Waals surface area contributed by atoms with Gasteiger partial charge in [0.2, 0.25) is 0 Å². The second kappa shape index (κ2) is 6.38. The van der Waals surface area contributed by atoms with Crippen LogP contribution in [-0.2, 0) is 6.54 Å². The molecule has 4 nitrogen and oxygen atoms in total. The van der Waals surface area contributed by atoms with Crippen LogP contribution in [0.15, 0.2) is 6.20 Å². The Labute approximate surface area is 108 Å². The van der Waals surface area contributed by atoms with Crippen molar-refractivity contribution in [1.82, 2.24) is 15.2 Å². The average Bonchev–Trinajstić information content (AvgIpc) is 2.63. The van der Waals surface area contributed by atoms with E-state index < -0.39 is 0 Å². The molecule has 1 rings (SSSR count). The van der Waals surface area contributed by atoms with Crippen molar-refractivity contribution in [3.8, 4) is 0 Å². The minimum atomic E-state index is 0.0385. The largest absolute Gasteiger partial charge is 0.271 e. The van der Waals surface area contributed by atoms with E-state index in [-0.39, 0.29) is 6.04 Å².